The van der Waals surface area contributed by atoms with Crippen LogP contribution in [0.5, 0.6) is 0 Å². The minimum absolute atomic E-state index is 0.00937. The molecule has 0 aliphatic rings. The molecule has 2 unspecified atom stereocenters. The summed E-state index contributed by atoms with van der Waals surface area (Å²) >= 11 is 1.12. The number of rotatable bonds is 5. The number of thioether (sulfide) groups is 1. The second kappa shape index (κ2) is 6.72. The molecule has 5 nitrogen and oxygen atoms in total. The number of aryl methyl sites for hydroxylation is 1. The van der Waals surface area contributed by atoms with E-state index in [1.54, 1.807) is 12.3 Å². The van der Waals surface area contributed by atoms with Crippen LogP contribution in [0.1, 0.15) is 30.7 Å². The maximum absolute atomic E-state index is 10.8. The fourth-order valence-electron chi connectivity index (χ4n) is 1.49. The molecule has 0 bridgehead atoms. The van der Waals surface area contributed by atoms with Gasteiger partial charge in [0.25, 0.3) is 0 Å². The van der Waals surface area contributed by atoms with E-state index in [1.165, 1.54) is 6.92 Å². The highest BCUT2D eigenvalue weighted by Crippen LogP contribution is 2.25. The monoisotopic (exact) mass is 270 g/mol. The number of nitrogen functional groups attached to an aromatic ring is 1. The Morgan fingerprint density at radius 1 is 1.56 bits per heavy atom. The Morgan fingerprint density at radius 3 is 2.83 bits per heavy atom. The van der Waals surface area contributed by atoms with Crippen molar-refractivity contribution in [2.75, 3.05) is 11.5 Å². The van der Waals surface area contributed by atoms with Gasteiger partial charge in [0.15, 0.2) is 5.12 Å². The number of nitrogens with zero attached hydrogens (tertiary/aromatic N) is 1. The van der Waals surface area contributed by atoms with E-state index in [-0.39, 0.29) is 10.8 Å². The maximum Gasteiger partial charge on any atom is 0.185 e. The van der Waals surface area contributed by atoms with E-state index in [4.69, 9.17) is 5.73 Å². The van der Waals surface area contributed by atoms with Gasteiger partial charge >= 0.3 is 0 Å². The summed E-state index contributed by atoms with van der Waals surface area (Å²) in [4.78, 5) is 14.7. The summed E-state index contributed by atoms with van der Waals surface area (Å²) in [6.45, 7) is 3.28. The largest absolute Gasteiger partial charge is 0.397 e. The second-order valence-electron chi connectivity index (χ2n) is 4.07. The smallest absolute Gasteiger partial charge is 0.185 e. The van der Waals surface area contributed by atoms with Gasteiger partial charge in [-0.25, -0.2) is 0 Å². The summed E-state index contributed by atoms with van der Waals surface area (Å²) in [6, 6.07) is 1.74. The van der Waals surface area contributed by atoms with E-state index in [9.17, 15) is 15.0 Å². The lowest BCUT2D eigenvalue weighted by Crippen LogP contribution is -2.21. The number of nitrogens with two attached hydrogens (primary N) is 1. The van der Waals surface area contributed by atoms with Crippen molar-refractivity contribution < 1.29 is 15.0 Å². The van der Waals surface area contributed by atoms with Crippen molar-refractivity contribution in [3.8, 4) is 0 Å². The molecule has 18 heavy (non-hydrogen) atoms. The summed E-state index contributed by atoms with van der Waals surface area (Å²) in [5.41, 5.74) is 7.29. The van der Waals surface area contributed by atoms with E-state index >= 15 is 0 Å². The van der Waals surface area contributed by atoms with Crippen LogP contribution in [-0.4, -0.2) is 32.2 Å². The van der Waals surface area contributed by atoms with E-state index in [0.29, 0.717) is 17.9 Å². The minimum Gasteiger partial charge on any atom is -0.397 e. The van der Waals surface area contributed by atoms with Crippen molar-refractivity contribution in [2.45, 2.75) is 32.5 Å². The second-order valence-corrected chi connectivity index (χ2v) is 5.34. The summed E-state index contributed by atoms with van der Waals surface area (Å²) in [5, 5.41) is 19.8. The van der Waals surface area contributed by atoms with Crippen LogP contribution in [-0.2, 0) is 4.79 Å². The normalized spacial score (nSPS) is 14.2. The highest BCUT2D eigenvalue weighted by atomic mass is 32.2. The van der Waals surface area contributed by atoms with Gasteiger partial charge in [-0.1, -0.05) is 11.8 Å². The molecule has 1 rings (SSSR count). The van der Waals surface area contributed by atoms with Crippen molar-refractivity contribution in [2.24, 2.45) is 0 Å². The number of aliphatic hydroxyl groups excluding tert-OH is 2. The molecule has 0 fully saturated rings. The Labute approximate surface area is 110 Å². The molecule has 0 aliphatic carbocycles. The van der Waals surface area contributed by atoms with Gasteiger partial charge in [-0.2, -0.15) is 0 Å². The van der Waals surface area contributed by atoms with Gasteiger partial charge in [-0.15, -0.1) is 0 Å². The minimum atomic E-state index is -1.13. The van der Waals surface area contributed by atoms with E-state index in [0.717, 1.165) is 17.3 Å². The zero-order chi connectivity index (χ0) is 13.7. The van der Waals surface area contributed by atoms with Crippen molar-refractivity contribution in [3.05, 3.63) is 23.5 Å². The van der Waals surface area contributed by atoms with Crippen molar-refractivity contribution in [1.29, 1.82) is 0 Å². The van der Waals surface area contributed by atoms with Gasteiger partial charge in [-0.3, -0.25) is 9.78 Å². The summed E-state index contributed by atoms with van der Waals surface area (Å²) in [6.07, 6.45) is -0.257. The van der Waals surface area contributed by atoms with Crippen molar-refractivity contribution in [3.63, 3.8) is 0 Å². The number of hydrogen-bond acceptors (Lipinski definition) is 6. The van der Waals surface area contributed by atoms with Gasteiger partial charge < -0.3 is 15.9 Å². The zero-order valence-corrected chi connectivity index (χ0v) is 11.3. The zero-order valence-electron chi connectivity index (χ0n) is 10.5. The lowest BCUT2D eigenvalue weighted by molar-refractivity contribution is -0.109. The van der Waals surface area contributed by atoms with Gasteiger partial charge in [0.1, 0.15) is 6.10 Å². The molecule has 0 aromatic carbocycles. The van der Waals surface area contributed by atoms with E-state index in [1.807, 2.05) is 6.92 Å². The Hall–Kier alpha value is -1.11. The Balaban J connectivity index is 2.65. The van der Waals surface area contributed by atoms with Gasteiger partial charge in [-0.05, 0) is 25.0 Å². The number of aromatic nitrogens is 1. The molecule has 2 atom stereocenters. The summed E-state index contributed by atoms with van der Waals surface area (Å²) in [7, 11) is 0. The SMILES string of the molecule is CC(=O)SCCC(O)C(O)c1nccc(C)c1N. The molecule has 0 radical (unpaired) electrons. The van der Waals surface area contributed by atoms with Crippen molar-refractivity contribution >= 4 is 22.6 Å². The Bertz CT molecular complexity index is 426. The average Bonchev–Trinajstić information content (AvgIpc) is 2.31. The third-order valence-electron chi connectivity index (χ3n) is 2.60. The van der Waals surface area contributed by atoms with Crippen LogP contribution in [0.2, 0.25) is 0 Å². The molecular formula is C12H18N2O3S. The first-order chi connectivity index (χ1) is 8.43. The molecule has 1 aromatic heterocycles. The highest BCUT2D eigenvalue weighted by Gasteiger charge is 2.22. The molecule has 0 aliphatic heterocycles. The van der Waals surface area contributed by atoms with Crippen molar-refractivity contribution in [1.82, 2.24) is 4.98 Å². The molecule has 0 amide bonds. The molecule has 100 valence electrons. The first-order valence-corrected chi connectivity index (χ1v) is 6.62. The topological polar surface area (TPSA) is 96.4 Å². The van der Waals surface area contributed by atoms with Gasteiger partial charge in [0.05, 0.1) is 17.5 Å². The van der Waals surface area contributed by atoms with Gasteiger partial charge in [0, 0.05) is 18.9 Å². The van der Waals surface area contributed by atoms with E-state index in [2.05, 4.69) is 4.98 Å². The van der Waals surface area contributed by atoms with Crippen LogP contribution in [0.4, 0.5) is 5.69 Å². The number of carbonyl (C=O) groups excluding carboxylic acids is 1. The maximum atomic E-state index is 10.8. The lowest BCUT2D eigenvalue weighted by Gasteiger charge is -2.19. The van der Waals surface area contributed by atoms with Crippen LogP contribution < -0.4 is 5.73 Å². The molecule has 1 aromatic rings. The predicted octanol–water partition coefficient (Wildman–Crippen LogP) is 1.04. The molecule has 0 saturated heterocycles. The predicted molar refractivity (Wildman–Crippen MR) is 72.1 cm³/mol. The first-order valence-electron chi connectivity index (χ1n) is 5.64. The number of hydrogen-bond donors (Lipinski definition) is 3. The molecule has 6 heteroatoms. The highest BCUT2D eigenvalue weighted by molar-refractivity contribution is 8.13. The van der Waals surface area contributed by atoms with Crippen LogP contribution in [0.25, 0.3) is 0 Å². The average molecular weight is 270 g/mol. The molecule has 0 spiro atoms. The molecule has 0 saturated carbocycles. The Morgan fingerprint density at radius 2 is 2.22 bits per heavy atom. The third kappa shape index (κ3) is 3.97. The summed E-state index contributed by atoms with van der Waals surface area (Å²) < 4.78 is 0. The first kappa shape index (κ1) is 14.9. The number of aliphatic hydroxyl groups is 2. The Kier molecular flexibility index (Phi) is 5.58. The van der Waals surface area contributed by atoms with Crippen LogP contribution in [0.15, 0.2) is 12.3 Å². The standard InChI is InChI=1S/C12H18N2O3S/c1-7-3-5-14-11(10(7)13)12(17)9(16)4-6-18-8(2)15/h3,5,9,12,16-17H,4,6,13H2,1-2H3. The number of carbonyl (C=O) groups is 1. The van der Waals surface area contributed by atoms with E-state index < -0.39 is 12.2 Å². The van der Waals surface area contributed by atoms with Crippen LogP contribution >= 0.6 is 11.8 Å². The molecule has 1 heterocycles. The quantitative estimate of drug-likeness (QED) is 0.739. The fourth-order valence-corrected chi connectivity index (χ4v) is 2.14. The number of pyridine rings is 1. The molecule has 4 N–H and O–H groups in total. The molecular weight excluding hydrogens is 252 g/mol. The summed E-state index contributed by atoms with van der Waals surface area (Å²) in [5.74, 6) is 0.458. The fraction of sp³-hybridized carbons (Fsp3) is 0.500. The lowest BCUT2D eigenvalue weighted by atomic mass is 10.0. The van der Waals surface area contributed by atoms with Crippen LogP contribution in [0, 0.1) is 6.92 Å². The third-order valence-corrected chi connectivity index (χ3v) is 3.45. The van der Waals surface area contributed by atoms with Gasteiger partial charge in [0.2, 0.25) is 0 Å². The van der Waals surface area contributed by atoms with Crippen LogP contribution in [0.3, 0.4) is 0 Å². The number of anilines is 1.